The first-order valence-electron chi connectivity index (χ1n) is 4.31. The molecule has 70 valence electrons. The van der Waals surface area contributed by atoms with Gasteiger partial charge in [0.05, 0.1) is 6.10 Å². The molecule has 0 aromatic rings. The lowest BCUT2D eigenvalue weighted by Crippen LogP contribution is -2.42. The van der Waals surface area contributed by atoms with E-state index in [4.69, 9.17) is 0 Å². The molecular formula is C9H16BrNO. The van der Waals surface area contributed by atoms with Crippen molar-refractivity contribution in [2.75, 3.05) is 19.6 Å². The summed E-state index contributed by atoms with van der Waals surface area (Å²) in [7, 11) is 0. The second-order valence-electron chi connectivity index (χ2n) is 3.71. The summed E-state index contributed by atoms with van der Waals surface area (Å²) in [5, 5.41) is 9.48. The number of likely N-dealkylation sites (tertiary alicyclic amines) is 1. The van der Waals surface area contributed by atoms with Crippen molar-refractivity contribution in [3.63, 3.8) is 0 Å². The fraction of sp³-hybridized carbons (Fsp3) is 0.778. The van der Waals surface area contributed by atoms with Crippen LogP contribution in [0.25, 0.3) is 0 Å². The van der Waals surface area contributed by atoms with Gasteiger partial charge in [0.25, 0.3) is 0 Å². The van der Waals surface area contributed by atoms with Crippen LogP contribution in [0.1, 0.15) is 13.3 Å². The van der Waals surface area contributed by atoms with Crippen LogP contribution in [0.2, 0.25) is 0 Å². The van der Waals surface area contributed by atoms with E-state index < -0.39 is 0 Å². The van der Waals surface area contributed by atoms with Crippen molar-refractivity contribution in [2.45, 2.75) is 19.4 Å². The van der Waals surface area contributed by atoms with Gasteiger partial charge in [-0.2, -0.15) is 0 Å². The average Bonchev–Trinajstić information content (AvgIpc) is 1.81. The third-order valence-corrected chi connectivity index (χ3v) is 2.36. The lowest BCUT2D eigenvalue weighted by molar-refractivity contribution is 0.0505. The molecule has 1 rings (SSSR count). The quantitative estimate of drug-likeness (QED) is 0.784. The molecule has 1 saturated heterocycles. The van der Waals surface area contributed by atoms with Crippen LogP contribution in [0.5, 0.6) is 0 Å². The van der Waals surface area contributed by atoms with E-state index in [1.54, 1.807) is 0 Å². The highest BCUT2D eigenvalue weighted by atomic mass is 79.9. The normalized spacial score (nSPS) is 31.9. The van der Waals surface area contributed by atoms with E-state index in [-0.39, 0.29) is 6.10 Å². The van der Waals surface area contributed by atoms with E-state index in [1.165, 1.54) is 0 Å². The number of aliphatic hydroxyl groups excluding tert-OH is 1. The molecule has 1 fully saturated rings. The van der Waals surface area contributed by atoms with Crippen LogP contribution >= 0.6 is 15.9 Å². The summed E-state index contributed by atoms with van der Waals surface area (Å²) in [4.78, 5) is 2.23. The van der Waals surface area contributed by atoms with Gasteiger partial charge < -0.3 is 5.11 Å². The van der Waals surface area contributed by atoms with Crippen LogP contribution < -0.4 is 0 Å². The number of halogens is 1. The third-order valence-electron chi connectivity index (χ3n) is 2.11. The van der Waals surface area contributed by atoms with Crippen molar-refractivity contribution in [1.82, 2.24) is 4.90 Å². The van der Waals surface area contributed by atoms with Crippen LogP contribution in [0.3, 0.4) is 0 Å². The van der Waals surface area contributed by atoms with Gasteiger partial charge in [-0.1, -0.05) is 29.4 Å². The zero-order valence-electron chi connectivity index (χ0n) is 7.46. The van der Waals surface area contributed by atoms with Gasteiger partial charge in [-0.3, -0.25) is 4.90 Å². The number of hydrogen-bond acceptors (Lipinski definition) is 2. The molecule has 1 aliphatic heterocycles. The number of piperidine rings is 1. The fourth-order valence-corrected chi connectivity index (χ4v) is 2.15. The summed E-state index contributed by atoms with van der Waals surface area (Å²) in [6.07, 6.45) is 0.784. The summed E-state index contributed by atoms with van der Waals surface area (Å²) in [6.45, 7) is 8.67. The summed E-state index contributed by atoms with van der Waals surface area (Å²) in [6, 6.07) is 0. The molecule has 0 aromatic heterocycles. The highest BCUT2D eigenvalue weighted by molar-refractivity contribution is 9.11. The van der Waals surface area contributed by atoms with E-state index >= 15 is 0 Å². The molecule has 0 bridgehead atoms. The predicted octanol–water partition coefficient (Wildman–Crippen LogP) is 1.60. The third kappa shape index (κ3) is 3.25. The molecule has 0 saturated carbocycles. The van der Waals surface area contributed by atoms with Crippen molar-refractivity contribution in [3.05, 3.63) is 11.1 Å². The highest BCUT2D eigenvalue weighted by Crippen LogP contribution is 2.17. The van der Waals surface area contributed by atoms with Crippen molar-refractivity contribution >= 4 is 15.9 Å². The average molecular weight is 234 g/mol. The smallest absolute Gasteiger partial charge is 0.0670 e. The Labute approximate surface area is 82.4 Å². The monoisotopic (exact) mass is 233 g/mol. The van der Waals surface area contributed by atoms with Crippen molar-refractivity contribution < 1.29 is 5.11 Å². The van der Waals surface area contributed by atoms with E-state index in [0.717, 1.165) is 30.5 Å². The van der Waals surface area contributed by atoms with Gasteiger partial charge in [-0.25, -0.2) is 0 Å². The molecule has 3 heteroatoms. The molecule has 0 spiro atoms. The molecule has 1 heterocycles. The first-order valence-corrected chi connectivity index (χ1v) is 5.11. The first-order chi connectivity index (χ1) is 5.58. The molecule has 0 unspecified atom stereocenters. The number of hydrogen-bond donors (Lipinski definition) is 1. The van der Waals surface area contributed by atoms with Gasteiger partial charge in [-0.05, 0) is 12.3 Å². The Kier molecular flexibility index (Phi) is 3.75. The number of rotatable bonds is 2. The fourth-order valence-electron chi connectivity index (χ4n) is 1.80. The molecule has 0 aliphatic carbocycles. The second kappa shape index (κ2) is 4.40. The Bertz CT molecular complexity index is 162. The van der Waals surface area contributed by atoms with E-state index in [0.29, 0.717) is 5.92 Å². The minimum Gasteiger partial charge on any atom is -0.392 e. The van der Waals surface area contributed by atoms with Crippen LogP contribution in [-0.2, 0) is 0 Å². The second-order valence-corrected chi connectivity index (χ2v) is 4.83. The van der Waals surface area contributed by atoms with Crippen LogP contribution in [0.15, 0.2) is 11.1 Å². The van der Waals surface area contributed by atoms with Crippen LogP contribution in [0, 0.1) is 5.92 Å². The van der Waals surface area contributed by atoms with E-state index in [9.17, 15) is 5.11 Å². The van der Waals surface area contributed by atoms with Gasteiger partial charge in [0, 0.05) is 24.1 Å². The van der Waals surface area contributed by atoms with Gasteiger partial charge in [-0.15, -0.1) is 0 Å². The van der Waals surface area contributed by atoms with Crippen molar-refractivity contribution in [3.8, 4) is 0 Å². The lowest BCUT2D eigenvalue weighted by Gasteiger charge is -2.33. The maximum atomic E-state index is 9.48. The van der Waals surface area contributed by atoms with Gasteiger partial charge in [0.15, 0.2) is 0 Å². The van der Waals surface area contributed by atoms with Gasteiger partial charge in [0.2, 0.25) is 0 Å². The Morgan fingerprint density at radius 3 is 2.83 bits per heavy atom. The maximum Gasteiger partial charge on any atom is 0.0670 e. The number of β-amino-alcohol motifs (C(OH)–C–C–N with tert-alkyl or cyclic N) is 1. The van der Waals surface area contributed by atoms with Gasteiger partial charge in [0.1, 0.15) is 0 Å². The molecule has 1 N–H and O–H groups in total. The molecule has 2 nitrogen and oxygen atoms in total. The first kappa shape index (κ1) is 10.2. The van der Waals surface area contributed by atoms with Gasteiger partial charge >= 0.3 is 0 Å². The Morgan fingerprint density at radius 1 is 1.67 bits per heavy atom. The molecule has 2 atom stereocenters. The summed E-state index contributed by atoms with van der Waals surface area (Å²) >= 11 is 3.33. The Balaban J connectivity index is 2.38. The van der Waals surface area contributed by atoms with Crippen LogP contribution in [0.4, 0.5) is 0 Å². The minimum absolute atomic E-state index is 0.152. The minimum atomic E-state index is -0.152. The Hall–Kier alpha value is 0.140. The molecule has 1 aliphatic rings. The zero-order chi connectivity index (χ0) is 9.14. The topological polar surface area (TPSA) is 23.5 Å². The highest BCUT2D eigenvalue weighted by Gasteiger charge is 2.22. The maximum absolute atomic E-state index is 9.48. The van der Waals surface area contributed by atoms with E-state index in [2.05, 4.69) is 34.3 Å². The predicted molar refractivity (Wildman–Crippen MR) is 54.3 cm³/mol. The summed E-state index contributed by atoms with van der Waals surface area (Å²) in [5.41, 5.74) is 0. The largest absolute Gasteiger partial charge is 0.392 e. The SMILES string of the molecule is C=C(Br)CN1C[C@H](C)C[C@H](O)C1. The molecule has 0 aromatic carbocycles. The summed E-state index contributed by atoms with van der Waals surface area (Å²) < 4.78 is 0.990. The zero-order valence-corrected chi connectivity index (χ0v) is 9.05. The van der Waals surface area contributed by atoms with E-state index in [1.807, 2.05) is 0 Å². The number of aliphatic hydroxyl groups is 1. The van der Waals surface area contributed by atoms with Crippen molar-refractivity contribution in [2.24, 2.45) is 5.92 Å². The molecule has 0 amide bonds. The van der Waals surface area contributed by atoms with Crippen LogP contribution in [-0.4, -0.2) is 35.7 Å². The lowest BCUT2D eigenvalue weighted by atomic mass is 9.98. The Morgan fingerprint density at radius 2 is 2.33 bits per heavy atom. The molecular weight excluding hydrogens is 218 g/mol. The standard InChI is InChI=1S/C9H16BrNO/c1-7-3-9(12)6-11(4-7)5-8(2)10/h7,9,12H,2-6H2,1H3/t7-,9+/m1/s1. The number of nitrogens with zero attached hydrogens (tertiary/aromatic N) is 1. The van der Waals surface area contributed by atoms with Crippen molar-refractivity contribution in [1.29, 1.82) is 0 Å². The summed E-state index contributed by atoms with van der Waals surface area (Å²) in [5.74, 6) is 0.598. The molecule has 0 radical (unpaired) electrons. The molecule has 12 heavy (non-hydrogen) atoms.